The lowest BCUT2D eigenvalue weighted by molar-refractivity contribution is 0.182. The van der Waals surface area contributed by atoms with Gasteiger partial charge in [0, 0.05) is 19.5 Å². The Hall–Kier alpha value is -2.00. The highest BCUT2D eigenvalue weighted by molar-refractivity contribution is 5.76. The number of aliphatic imine (C=N–C) groups is 1. The maximum absolute atomic E-state index is 5.21. The SMILES string of the molecule is COC[C@H](N=Cc1ccccn1)c1ccccc1. The van der Waals surface area contributed by atoms with E-state index < -0.39 is 0 Å². The van der Waals surface area contributed by atoms with E-state index in [0.717, 1.165) is 11.3 Å². The van der Waals surface area contributed by atoms with Crippen molar-refractivity contribution in [3.63, 3.8) is 0 Å². The number of aromatic nitrogens is 1. The lowest BCUT2D eigenvalue weighted by Crippen LogP contribution is -2.04. The highest BCUT2D eigenvalue weighted by atomic mass is 16.5. The summed E-state index contributed by atoms with van der Waals surface area (Å²) in [5.41, 5.74) is 2.00. The summed E-state index contributed by atoms with van der Waals surface area (Å²) >= 11 is 0. The molecule has 1 aromatic carbocycles. The minimum Gasteiger partial charge on any atom is -0.382 e. The van der Waals surface area contributed by atoms with Crippen LogP contribution in [0.5, 0.6) is 0 Å². The molecule has 3 nitrogen and oxygen atoms in total. The molecule has 0 aliphatic rings. The second kappa shape index (κ2) is 6.67. The van der Waals surface area contributed by atoms with Gasteiger partial charge in [-0.3, -0.25) is 9.98 Å². The fraction of sp³-hybridized carbons (Fsp3) is 0.200. The Balaban J connectivity index is 2.14. The molecule has 0 fully saturated rings. The molecule has 1 heterocycles. The van der Waals surface area contributed by atoms with Crippen molar-refractivity contribution in [1.29, 1.82) is 0 Å². The van der Waals surface area contributed by atoms with Gasteiger partial charge in [-0.1, -0.05) is 36.4 Å². The van der Waals surface area contributed by atoms with Crippen molar-refractivity contribution in [2.45, 2.75) is 6.04 Å². The molecule has 0 radical (unpaired) electrons. The van der Waals surface area contributed by atoms with Gasteiger partial charge in [-0.05, 0) is 17.7 Å². The van der Waals surface area contributed by atoms with Crippen LogP contribution < -0.4 is 0 Å². The van der Waals surface area contributed by atoms with Gasteiger partial charge < -0.3 is 4.74 Å². The van der Waals surface area contributed by atoms with Crippen LogP contribution in [0.15, 0.2) is 59.7 Å². The average Bonchev–Trinajstić information content (AvgIpc) is 2.45. The van der Waals surface area contributed by atoms with Crippen molar-refractivity contribution < 1.29 is 4.74 Å². The third-order valence-corrected chi connectivity index (χ3v) is 2.58. The molecule has 1 aromatic heterocycles. The summed E-state index contributed by atoms with van der Waals surface area (Å²) in [6, 6.07) is 15.9. The van der Waals surface area contributed by atoms with E-state index >= 15 is 0 Å². The fourth-order valence-corrected chi connectivity index (χ4v) is 1.68. The zero-order chi connectivity index (χ0) is 12.6. The third kappa shape index (κ3) is 3.50. The lowest BCUT2D eigenvalue weighted by atomic mass is 10.1. The molecule has 0 amide bonds. The van der Waals surface area contributed by atoms with E-state index in [0.29, 0.717) is 6.61 Å². The number of methoxy groups -OCH3 is 1. The Labute approximate surface area is 107 Å². The number of nitrogens with zero attached hydrogens (tertiary/aromatic N) is 2. The van der Waals surface area contributed by atoms with E-state index in [9.17, 15) is 0 Å². The Morgan fingerprint density at radius 1 is 1.17 bits per heavy atom. The van der Waals surface area contributed by atoms with Gasteiger partial charge in [-0.15, -0.1) is 0 Å². The third-order valence-electron chi connectivity index (χ3n) is 2.58. The molecule has 2 rings (SSSR count). The van der Waals surface area contributed by atoms with Gasteiger partial charge >= 0.3 is 0 Å². The minimum atomic E-state index is 0.0122. The minimum absolute atomic E-state index is 0.0122. The quantitative estimate of drug-likeness (QED) is 0.753. The number of hydrogen-bond acceptors (Lipinski definition) is 3. The summed E-state index contributed by atoms with van der Waals surface area (Å²) in [5.74, 6) is 0. The van der Waals surface area contributed by atoms with Crippen molar-refractivity contribution in [2.24, 2.45) is 4.99 Å². The van der Waals surface area contributed by atoms with Crippen LogP contribution >= 0.6 is 0 Å². The molecular weight excluding hydrogens is 224 g/mol. The molecule has 0 aliphatic carbocycles. The Bertz CT molecular complexity index is 482. The van der Waals surface area contributed by atoms with E-state index in [4.69, 9.17) is 4.74 Å². The van der Waals surface area contributed by atoms with Crippen LogP contribution in [-0.2, 0) is 4.74 Å². The van der Waals surface area contributed by atoms with Gasteiger partial charge in [0.25, 0.3) is 0 Å². The van der Waals surface area contributed by atoms with E-state index in [1.165, 1.54) is 0 Å². The first kappa shape index (κ1) is 12.5. The predicted molar refractivity (Wildman–Crippen MR) is 72.9 cm³/mol. The van der Waals surface area contributed by atoms with E-state index in [-0.39, 0.29) is 6.04 Å². The van der Waals surface area contributed by atoms with Crippen molar-refractivity contribution in [3.05, 3.63) is 66.0 Å². The molecule has 0 saturated heterocycles. The van der Waals surface area contributed by atoms with Crippen LogP contribution in [0.2, 0.25) is 0 Å². The topological polar surface area (TPSA) is 34.5 Å². The second-order valence-electron chi connectivity index (χ2n) is 3.91. The molecule has 0 N–H and O–H groups in total. The molecule has 3 heteroatoms. The first-order valence-electron chi connectivity index (χ1n) is 5.88. The largest absolute Gasteiger partial charge is 0.382 e. The van der Waals surface area contributed by atoms with Crippen LogP contribution in [0.3, 0.4) is 0 Å². The zero-order valence-corrected chi connectivity index (χ0v) is 10.4. The number of ether oxygens (including phenoxy) is 1. The normalized spacial score (nSPS) is 12.7. The number of benzene rings is 1. The van der Waals surface area contributed by atoms with Crippen LogP contribution in [-0.4, -0.2) is 24.9 Å². The fourth-order valence-electron chi connectivity index (χ4n) is 1.68. The van der Waals surface area contributed by atoms with Gasteiger partial charge in [0.15, 0.2) is 0 Å². The summed E-state index contributed by atoms with van der Waals surface area (Å²) in [6.45, 7) is 0.563. The van der Waals surface area contributed by atoms with Crippen molar-refractivity contribution in [2.75, 3.05) is 13.7 Å². The molecule has 0 aliphatic heterocycles. The van der Waals surface area contributed by atoms with Crippen LogP contribution in [0, 0.1) is 0 Å². The Morgan fingerprint density at radius 3 is 2.61 bits per heavy atom. The van der Waals surface area contributed by atoms with Crippen LogP contribution in [0.4, 0.5) is 0 Å². The standard InChI is InChI=1S/C15H16N2O/c1-18-12-15(13-7-3-2-4-8-13)17-11-14-9-5-6-10-16-14/h2-11,15H,12H2,1H3/t15-/m0/s1. The smallest absolute Gasteiger partial charge is 0.0983 e. The first-order chi connectivity index (χ1) is 8.90. The van der Waals surface area contributed by atoms with Gasteiger partial charge in [-0.25, -0.2) is 0 Å². The zero-order valence-electron chi connectivity index (χ0n) is 10.4. The Kier molecular flexibility index (Phi) is 4.61. The predicted octanol–water partition coefficient (Wildman–Crippen LogP) is 2.89. The van der Waals surface area contributed by atoms with Crippen molar-refractivity contribution in [3.8, 4) is 0 Å². The lowest BCUT2D eigenvalue weighted by Gasteiger charge is -2.11. The Morgan fingerprint density at radius 2 is 1.94 bits per heavy atom. The van der Waals surface area contributed by atoms with Crippen LogP contribution in [0.1, 0.15) is 17.3 Å². The van der Waals surface area contributed by atoms with Gasteiger partial charge in [0.1, 0.15) is 0 Å². The van der Waals surface area contributed by atoms with Crippen molar-refractivity contribution in [1.82, 2.24) is 4.98 Å². The summed E-state index contributed by atoms with van der Waals surface area (Å²) < 4.78 is 5.21. The molecule has 1 atom stereocenters. The molecule has 18 heavy (non-hydrogen) atoms. The first-order valence-corrected chi connectivity index (χ1v) is 5.88. The molecule has 0 saturated carbocycles. The monoisotopic (exact) mass is 240 g/mol. The molecule has 0 bridgehead atoms. The number of hydrogen-bond donors (Lipinski definition) is 0. The van der Waals surface area contributed by atoms with Gasteiger partial charge in [0.2, 0.25) is 0 Å². The molecule has 92 valence electrons. The maximum Gasteiger partial charge on any atom is 0.0983 e. The average molecular weight is 240 g/mol. The summed E-state index contributed by atoms with van der Waals surface area (Å²) in [4.78, 5) is 8.76. The van der Waals surface area contributed by atoms with Crippen LogP contribution in [0.25, 0.3) is 0 Å². The van der Waals surface area contributed by atoms with E-state index in [2.05, 4.69) is 22.1 Å². The van der Waals surface area contributed by atoms with E-state index in [1.807, 2.05) is 36.4 Å². The summed E-state index contributed by atoms with van der Waals surface area (Å²) in [6.07, 6.45) is 3.55. The summed E-state index contributed by atoms with van der Waals surface area (Å²) in [5, 5.41) is 0. The van der Waals surface area contributed by atoms with Gasteiger partial charge in [-0.2, -0.15) is 0 Å². The number of pyridine rings is 1. The molecular formula is C15H16N2O. The number of rotatable bonds is 5. The second-order valence-corrected chi connectivity index (χ2v) is 3.91. The highest BCUT2D eigenvalue weighted by Gasteiger charge is 2.07. The molecule has 0 unspecified atom stereocenters. The molecule has 2 aromatic rings. The maximum atomic E-state index is 5.21. The summed E-state index contributed by atoms with van der Waals surface area (Å²) in [7, 11) is 1.69. The van der Waals surface area contributed by atoms with Crippen molar-refractivity contribution >= 4 is 6.21 Å². The molecule has 0 spiro atoms. The highest BCUT2D eigenvalue weighted by Crippen LogP contribution is 2.17. The van der Waals surface area contributed by atoms with E-state index in [1.54, 1.807) is 19.5 Å². The van der Waals surface area contributed by atoms with Gasteiger partial charge in [0.05, 0.1) is 18.3 Å².